The van der Waals surface area contributed by atoms with Gasteiger partial charge in [-0.05, 0) is 36.4 Å². The highest BCUT2D eigenvalue weighted by molar-refractivity contribution is 5.92. The van der Waals surface area contributed by atoms with Crippen molar-refractivity contribution in [2.45, 2.75) is 12.9 Å². The summed E-state index contributed by atoms with van der Waals surface area (Å²) in [4.78, 5) is 16.8. The van der Waals surface area contributed by atoms with Crippen molar-refractivity contribution in [3.8, 4) is 5.75 Å². The summed E-state index contributed by atoms with van der Waals surface area (Å²) >= 11 is 0. The number of halogens is 3. The molecule has 0 unspecified atom stereocenters. The van der Waals surface area contributed by atoms with Crippen molar-refractivity contribution in [2.75, 3.05) is 23.8 Å². The Hall–Kier alpha value is -3.27. The number of ether oxygens (including phenoxy) is 1. The molecule has 0 spiro atoms. The molecule has 1 aromatic heterocycles. The van der Waals surface area contributed by atoms with E-state index in [0.29, 0.717) is 17.2 Å². The Balaban J connectivity index is 1.72. The van der Waals surface area contributed by atoms with Gasteiger partial charge < -0.3 is 25.0 Å². The lowest BCUT2D eigenvalue weighted by atomic mass is 10.3. The smallest absolute Gasteiger partial charge is 0.406 e. The fraction of sp³-hybridized carbons (Fsp3) is 0.222. The molecule has 3 rings (SSSR count). The van der Waals surface area contributed by atoms with Gasteiger partial charge in [0.1, 0.15) is 12.3 Å². The highest BCUT2D eigenvalue weighted by Gasteiger charge is 2.30. The molecule has 1 amide bonds. The fourth-order valence-corrected chi connectivity index (χ4v) is 2.62. The number of imidazole rings is 1. The molecule has 0 aliphatic carbocycles. The third kappa shape index (κ3) is 4.92. The number of rotatable bonds is 7. The molecule has 0 radical (unpaired) electrons. The molecular weight excluding hydrogens is 377 g/mol. The lowest BCUT2D eigenvalue weighted by Crippen LogP contribution is -2.21. The molecule has 10 heteroatoms. The molecule has 0 fully saturated rings. The molecule has 7 nitrogen and oxygen atoms in total. The maximum atomic E-state index is 12.4. The van der Waals surface area contributed by atoms with Crippen molar-refractivity contribution in [1.82, 2.24) is 9.55 Å². The van der Waals surface area contributed by atoms with Crippen LogP contribution in [0.15, 0.2) is 48.5 Å². The molecule has 2 aromatic carbocycles. The number of alkyl halides is 3. The van der Waals surface area contributed by atoms with E-state index in [2.05, 4.69) is 20.4 Å². The average molecular weight is 394 g/mol. The first-order valence-electron chi connectivity index (χ1n) is 8.31. The van der Waals surface area contributed by atoms with Gasteiger partial charge in [-0.1, -0.05) is 12.1 Å². The topological polar surface area (TPSA) is 88.4 Å². The molecule has 3 N–H and O–H groups in total. The number of hydrogen-bond acceptors (Lipinski definition) is 5. The molecule has 0 aliphatic rings. The summed E-state index contributed by atoms with van der Waals surface area (Å²) in [6.45, 7) is 0.0996. The Morgan fingerprint density at radius 2 is 1.86 bits per heavy atom. The van der Waals surface area contributed by atoms with Gasteiger partial charge in [0.2, 0.25) is 11.9 Å². The second kappa shape index (κ2) is 8.17. The van der Waals surface area contributed by atoms with Crippen LogP contribution in [0.1, 0.15) is 0 Å². The van der Waals surface area contributed by atoms with Crippen LogP contribution in [0.4, 0.5) is 24.8 Å². The van der Waals surface area contributed by atoms with Gasteiger partial charge in [-0.2, -0.15) is 0 Å². The Kier molecular flexibility index (Phi) is 5.69. The summed E-state index contributed by atoms with van der Waals surface area (Å²) in [6, 6.07) is 12.1. The van der Waals surface area contributed by atoms with Crippen LogP contribution in [0.25, 0.3) is 11.0 Å². The van der Waals surface area contributed by atoms with Crippen molar-refractivity contribution >= 4 is 28.6 Å². The first-order valence-corrected chi connectivity index (χ1v) is 8.31. The number of aliphatic hydroxyl groups is 1. The molecule has 0 bridgehead atoms. The number of amides is 1. The quantitative estimate of drug-likeness (QED) is 0.573. The van der Waals surface area contributed by atoms with Gasteiger partial charge in [-0.15, -0.1) is 13.2 Å². The number of para-hydroxylation sites is 2. The summed E-state index contributed by atoms with van der Waals surface area (Å²) in [5, 5.41) is 14.6. The van der Waals surface area contributed by atoms with E-state index >= 15 is 0 Å². The van der Waals surface area contributed by atoms with Crippen molar-refractivity contribution in [2.24, 2.45) is 0 Å². The SMILES string of the molecule is O=C(Cn1c(NCCO)nc2ccccc21)Nc1ccc(OC(F)(F)F)cc1. The van der Waals surface area contributed by atoms with E-state index < -0.39 is 6.36 Å². The second-order valence-electron chi connectivity index (χ2n) is 5.78. The van der Waals surface area contributed by atoms with Crippen LogP contribution < -0.4 is 15.4 Å². The minimum atomic E-state index is -4.77. The first kappa shape index (κ1) is 19.5. The second-order valence-corrected chi connectivity index (χ2v) is 5.78. The van der Waals surface area contributed by atoms with Gasteiger partial charge in [-0.25, -0.2) is 4.98 Å². The van der Waals surface area contributed by atoms with E-state index in [1.165, 1.54) is 12.1 Å². The normalized spacial score (nSPS) is 11.4. The number of anilines is 2. The lowest BCUT2D eigenvalue weighted by molar-refractivity contribution is -0.274. The third-order valence-electron chi connectivity index (χ3n) is 3.72. The average Bonchev–Trinajstić information content (AvgIpc) is 2.98. The highest BCUT2D eigenvalue weighted by Crippen LogP contribution is 2.24. The number of carbonyl (C=O) groups excluding carboxylic acids is 1. The number of nitrogens with zero attached hydrogens (tertiary/aromatic N) is 2. The zero-order valence-corrected chi connectivity index (χ0v) is 14.5. The van der Waals surface area contributed by atoms with Gasteiger partial charge in [0.25, 0.3) is 0 Å². The summed E-state index contributed by atoms with van der Waals surface area (Å²) in [6.07, 6.45) is -4.77. The van der Waals surface area contributed by atoms with Crippen LogP contribution in [0.3, 0.4) is 0 Å². The monoisotopic (exact) mass is 394 g/mol. The predicted octanol–water partition coefficient (Wildman–Crippen LogP) is 2.98. The van der Waals surface area contributed by atoms with Crippen LogP contribution in [0.2, 0.25) is 0 Å². The van der Waals surface area contributed by atoms with Gasteiger partial charge in [0.05, 0.1) is 17.6 Å². The van der Waals surface area contributed by atoms with Crippen LogP contribution in [0, 0.1) is 0 Å². The van der Waals surface area contributed by atoms with Gasteiger partial charge in [0, 0.05) is 12.2 Å². The van der Waals surface area contributed by atoms with Crippen LogP contribution >= 0.6 is 0 Å². The molecule has 0 saturated carbocycles. The summed E-state index contributed by atoms with van der Waals surface area (Å²) in [5.41, 5.74) is 1.74. The number of nitrogens with one attached hydrogen (secondary N) is 2. The van der Waals surface area contributed by atoms with E-state index in [0.717, 1.165) is 17.6 Å². The molecule has 1 heterocycles. The minimum absolute atomic E-state index is 0.0743. The number of fused-ring (bicyclic) bond motifs is 1. The van der Waals surface area contributed by atoms with Gasteiger partial charge in [-0.3, -0.25) is 4.79 Å². The minimum Gasteiger partial charge on any atom is -0.406 e. The first-order chi connectivity index (χ1) is 13.4. The largest absolute Gasteiger partial charge is 0.573 e. The fourth-order valence-electron chi connectivity index (χ4n) is 2.62. The molecule has 0 atom stereocenters. The van der Waals surface area contributed by atoms with Crippen LogP contribution in [-0.2, 0) is 11.3 Å². The number of aliphatic hydroxyl groups excluding tert-OH is 1. The van der Waals surface area contributed by atoms with Crippen LogP contribution in [-0.4, -0.2) is 40.1 Å². The number of benzene rings is 2. The van der Waals surface area contributed by atoms with E-state index in [1.54, 1.807) is 10.6 Å². The van der Waals surface area contributed by atoms with E-state index in [9.17, 15) is 18.0 Å². The van der Waals surface area contributed by atoms with Gasteiger partial charge >= 0.3 is 6.36 Å². The van der Waals surface area contributed by atoms with Crippen molar-refractivity contribution < 1.29 is 27.8 Å². The summed E-state index contributed by atoms with van der Waals surface area (Å²) in [5.74, 6) is -0.333. The molecule has 28 heavy (non-hydrogen) atoms. The summed E-state index contributed by atoms with van der Waals surface area (Å²) < 4.78 is 42.0. The van der Waals surface area contributed by atoms with E-state index in [4.69, 9.17) is 5.11 Å². The third-order valence-corrected chi connectivity index (χ3v) is 3.72. The van der Waals surface area contributed by atoms with Crippen molar-refractivity contribution in [3.05, 3.63) is 48.5 Å². The molecule has 0 saturated heterocycles. The Morgan fingerprint density at radius 3 is 2.54 bits per heavy atom. The molecule has 0 aliphatic heterocycles. The highest BCUT2D eigenvalue weighted by atomic mass is 19.4. The zero-order chi connectivity index (χ0) is 20.1. The number of carbonyl (C=O) groups is 1. The molecule has 3 aromatic rings. The Morgan fingerprint density at radius 1 is 1.14 bits per heavy atom. The number of aromatic nitrogens is 2. The van der Waals surface area contributed by atoms with Crippen LogP contribution in [0.5, 0.6) is 5.75 Å². The maximum Gasteiger partial charge on any atom is 0.573 e. The Bertz CT molecular complexity index is 955. The number of hydrogen-bond donors (Lipinski definition) is 3. The maximum absolute atomic E-state index is 12.4. The zero-order valence-electron chi connectivity index (χ0n) is 14.5. The molecule has 148 valence electrons. The predicted molar refractivity (Wildman–Crippen MR) is 97.1 cm³/mol. The summed E-state index contributed by atoms with van der Waals surface area (Å²) in [7, 11) is 0. The Labute approximate surface area is 157 Å². The lowest BCUT2D eigenvalue weighted by Gasteiger charge is -2.12. The van der Waals surface area contributed by atoms with Crippen molar-refractivity contribution in [1.29, 1.82) is 0 Å². The van der Waals surface area contributed by atoms with E-state index in [1.807, 2.05) is 18.2 Å². The molecular formula is C18H17F3N4O3. The standard InChI is InChI=1S/C18H17F3N4O3/c19-18(20,21)28-13-7-5-12(6-8-13)23-16(27)11-25-15-4-2-1-3-14(15)24-17(25)22-9-10-26/h1-8,26H,9-11H2,(H,22,24)(H,23,27). The van der Waals surface area contributed by atoms with E-state index in [-0.39, 0.29) is 31.4 Å². The van der Waals surface area contributed by atoms with Gasteiger partial charge in [0.15, 0.2) is 0 Å². The van der Waals surface area contributed by atoms with Crippen molar-refractivity contribution in [3.63, 3.8) is 0 Å².